The van der Waals surface area contributed by atoms with E-state index in [1.807, 2.05) is 4.57 Å². The van der Waals surface area contributed by atoms with Crippen LogP contribution in [0.4, 0.5) is 8.78 Å². The molecule has 0 radical (unpaired) electrons. The van der Waals surface area contributed by atoms with Crippen molar-refractivity contribution in [3.05, 3.63) is 87.3 Å². The number of pyridine rings is 1. The Bertz CT molecular complexity index is 1440. The maximum atomic E-state index is 15.5. The van der Waals surface area contributed by atoms with Crippen LogP contribution in [0, 0.1) is 11.6 Å². The highest BCUT2D eigenvalue weighted by Crippen LogP contribution is 2.26. The Hall–Kier alpha value is -3.37. The number of ether oxygens (including phenoxy) is 3. The summed E-state index contributed by atoms with van der Waals surface area (Å²) in [7, 11) is 1.32. The topological polar surface area (TPSA) is 75.5 Å². The molecule has 0 bridgehead atoms. The molecule has 10 heteroatoms. The zero-order valence-electron chi connectivity index (χ0n) is 19.3. The highest BCUT2D eigenvalue weighted by Gasteiger charge is 2.24. The maximum Gasteiger partial charge on any atom is 0.337 e. The van der Waals surface area contributed by atoms with Crippen molar-refractivity contribution < 1.29 is 27.8 Å². The van der Waals surface area contributed by atoms with Gasteiger partial charge in [0.25, 0.3) is 0 Å². The molecule has 36 heavy (non-hydrogen) atoms. The summed E-state index contributed by atoms with van der Waals surface area (Å²) in [5, 5.41) is 0. The number of hydrogen-bond donors (Lipinski definition) is 0. The number of carbonyl (C=O) groups excluding carboxylic acids is 1. The number of carbonyl (C=O) groups is 1. The zero-order chi connectivity index (χ0) is 25.2. The molecule has 1 fully saturated rings. The van der Waals surface area contributed by atoms with Crippen LogP contribution in [0.25, 0.3) is 11.0 Å². The van der Waals surface area contributed by atoms with Crippen molar-refractivity contribution in [2.75, 3.05) is 13.7 Å². The standard InChI is InChI=1S/C26H22BrF2N3O4/c1-34-26(33)15-5-6-20-21(11-15)32(13-19-7-8-35-19)23(30-20)12-16-9-18(28)10-17(25(16)29)14-36-24-4-2-3-22(27)31-24/h2-6,9-11,19H,7-8,12-14H2,1H3. The summed E-state index contributed by atoms with van der Waals surface area (Å²) in [4.78, 5) is 20.9. The van der Waals surface area contributed by atoms with E-state index in [4.69, 9.17) is 14.2 Å². The Labute approximate surface area is 214 Å². The van der Waals surface area contributed by atoms with Crippen LogP contribution in [0.3, 0.4) is 0 Å². The molecule has 0 saturated carbocycles. The summed E-state index contributed by atoms with van der Waals surface area (Å²) in [5.74, 6) is -0.789. The second kappa shape index (κ2) is 10.3. The van der Waals surface area contributed by atoms with Crippen LogP contribution in [0.2, 0.25) is 0 Å². The molecule has 1 aliphatic rings. The fourth-order valence-electron chi connectivity index (χ4n) is 4.12. The minimum Gasteiger partial charge on any atom is -0.473 e. The largest absolute Gasteiger partial charge is 0.473 e. The summed E-state index contributed by atoms with van der Waals surface area (Å²) in [6.07, 6.45) is 0.914. The number of halogens is 3. The Morgan fingerprint density at radius 2 is 1.97 bits per heavy atom. The first kappa shape index (κ1) is 24.3. The number of fused-ring (bicyclic) bond motifs is 1. The first-order valence-electron chi connectivity index (χ1n) is 11.3. The highest BCUT2D eigenvalue weighted by atomic mass is 79.9. The number of imidazole rings is 1. The van der Waals surface area contributed by atoms with Gasteiger partial charge in [-0.3, -0.25) is 0 Å². The first-order valence-corrected chi connectivity index (χ1v) is 12.1. The fraction of sp³-hybridized carbons (Fsp3) is 0.269. The minimum absolute atomic E-state index is 0.0121. The lowest BCUT2D eigenvalue weighted by Crippen LogP contribution is -2.31. The van der Waals surface area contributed by atoms with E-state index >= 15 is 4.39 Å². The molecule has 1 saturated heterocycles. The normalized spacial score (nSPS) is 15.1. The second-order valence-corrected chi connectivity index (χ2v) is 9.23. The van der Waals surface area contributed by atoms with Crippen LogP contribution < -0.4 is 4.74 Å². The lowest BCUT2D eigenvalue weighted by molar-refractivity contribution is -0.0589. The quantitative estimate of drug-likeness (QED) is 0.218. The number of hydrogen-bond acceptors (Lipinski definition) is 6. The monoisotopic (exact) mass is 557 g/mol. The van der Waals surface area contributed by atoms with Gasteiger partial charge < -0.3 is 18.8 Å². The van der Waals surface area contributed by atoms with E-state index in [0.29, 0.717) is 46.1 Å². The first-order chi connectivity index (χ1) is 17.4. The molecule has 3 heterocycles. The minimum atomic E-state index is -0.579. The van der Waals surface area contributed by atoms with Gasteiger partial charge in [0.05, 0.1) is 36.4 Å². The van der Waals surface area contributed by atoms with Gasteiger partial charge in [-0.2, -0.15) is 0 Å². The Kier molecular flexibility index (Phi) is 6.97. The molecule has 2 aromatic heterocycles. The van der Waals surface area contributed by atoms with Gasteiger partial charge in [-0.1, -0.05) is 6.07 Å². The van der Waals surface area contributed by atoms with Crippen molar-refractivity contribution in [3.8, 4) is 5.88 Å². The molecule has 186 valence electrons. The summed E-state index contributed by atoms with van der Waals surface area (Å²) >= 11 is 3.26. The Morgan fingerprint density at radius 1 is 1.17 bits per heavy atom. The molecule has 0 aliphatic carbocycles. The average molecular weight is 558 g/mol. The van der Waals surface area contributed by atoms with Crippen molar-refractivity contribution in [2.45, 2.75) is 32.1 Å². The Morgan fingerprint density at radius 3 is 2.69 bits per heavy atom. The number of aromatic nitrogens is 3. The molecule has 2 aromatic carbocycles. The van der Waals surface area contributed by atoms with Gasteiger partial charge in [-0.15, -0.1) is 0 Å². The van der Waals surface area contributed by atoms with Crippen molar-refractivity contribution in [3.63, 3.8) is 0 Å². The van der Waals surface area contributed by atoms with Crippen LogP contribution in [-0.2, 0) is 29.0 Å². The SMILES string of the molecule is COC(=O)c1ccc2nc(Cc3cc(F)cc(COc4cccc(Br)n4)c3F)n(CC3CCO3)c2c1. The van der Waals surface area contributed by atoms with E-state index < -0.39 is 17.6 Å². The summed E-state index contributed by atoms with van der Waals surface area (Å²) < 4.78 is 48.5. The van der Waals surface area contributed by atoms with Crippen LogP contribution in [0.1, 0.15) is 33.7 Å². The van der Waals surface area contributed by atoms with Gasteiger partial charge in [0, 0.05) is 24.7 Å². The molecule has 1 atom stereocenters. The van der Waals surface area contributed by atoms with Crippen LogP contribution in [-0.4, -0.2) is 40.3 Å². The summed E-state index contributed by atoms with van der Waals surface area (Å²) in [6.45, 7) is 0.974. The number of methoxy groups -OCH3 is 1. The molecular weight excluding hydrogens is 536 g/mol. The molecule has 7 nitrogen and oxygen atoms in total. The van der Waals surface area contributed by atoms with Gasteiger partial charge >= 0.3 is 5.97 Å². The smallest absolute Gasteiger partial charge is 0.337 e. The summed E-state index contributed by atoms with van der Waals surface area (Å²) in [5.41, 5.74) is 1.94. The maximum absolute atomic E-state index is 15.5. The third-order valence-electron chi connectivity index (χ3n) is 6.03. The van der Waals surface area contributed by atoms with E-state index in [1.54, 1.807) is 36.4 Å². The molecule has 4 aromatic rings. The van der Waals surface area contributed by atoms with Crippen LogP contribution in [0.5, 0.6) is 5.88 Å². The lowest BCUT2D eigenvalue weighted by atomic mass is 10.1. The van der Waals surface area contributed by atoms with E-state index in [9.17, 15) is 9.18 Å². The van der Waals surface area contributed by atoms with E-state index in [0.717, 1.165) is 12.5 Å². The van der Waals surface area contributed by atoms with Gasteiger partial charge in [-0.25, -0.2) is 23.5 Å². The number of nitrogens with zero attached hydrogens (tertiary/aromatic N) is 3. The fourth-order valence-corrected chi connectivity index (χ4v) is 4.45. The van der Waals surface area contributed by atoms with Gasteiger partial charge in [0.2, 0.25) is 5.88 Å². The van der Waals surface area contributed by atoms with E-state index in [1.165, 1.54) is 13.2 Å². The van der Waals surface area contributed by atoms with Gasteiger partial charge in [0.15, 0.2) is 0 Å². The van der Waals surface area contributed by atoms with Gasteiger partial charge in [-0.05, 0) is 64.3 Å². The lowest BCUT2D eigenvalue weighted by Gasteiger charge is -2.27. The molecule has 5 rings (SSSR count). The second-order valence-electron chi connectivity index (χ2n) is 8.42. The van der Waals surface area contributed by atoms with Gasteiger partial charge in [0.1, 0.15) is 28.7 Å². The highest BCUT2D eigenvalue weighted by molar-refractivity contribution is 9.10. The zero-order valence-corrected chi connectivity index (χ0v) is 20.9. The molecule has 0 spiro atoms. The molecule has 1 aliphatic heterocycles. The van der Waals surface area contributed by atoms with E-state index in [2.05, 4.69) is 25.9 Å². The van der Waals surface area contributed by atoms with Crippen molar-refractivity contribution >= 4 is 32.9 Å². The number of benzene rings is 2. The predicted molar refractivity (Wildman–Crippen MR) is 131 cm³/mol. The van der Waals surface area contributed by atoms with Crippen molar-refractivity contribution in [1.82, 2.24) is 14.5 Å². The van der Waals surface area contributed by atoms with E-state index in [-0.39, 0.29) is 30.3 Å². The number of rotatable bonds is 8. The van der Waals surface area contributed by atoms with Crippen LogP contribution in [0.15, 0.2) is 53.1 Å². The third-order valence-corrected chi connectivity index (χ3v) is 6.47. The average Bonchev–Trinajstić information content (AvgIpc) is 3.18. The molecule has 0 N–H and O–H groups in total. The molecular formula is C26H22BrF2N3O4. The predicted octanol–water partition coefficient (Wildman–Crippen LogP) is 5.22. The molecule has 0 amide bonds. The van der Waals surface area contributed by atoms with Crippen LogP contribution >= 0.6 is 15.9 Å². The third kappa shape index (κ3) is 5.10. The van der Waals surface area contributed by atoms with Crippen molar-refractivity contribution in [2.24, 2.45) is 0 Å². The Balaban J connectivity index is 1.48. The van der Waals surface area contributed by atoms with Crippen molar-refractivity contribution in [1.29, 1.82) is 0 Å². The number of esters is 1. The summed E-state index contributed by atoms with van der Waals surface area (Å²) in [6, 6.07) is 12.4. The molecule has 1 unspecified atom stereocenters.